The quantitative estimate of drug-likeness (QED) is 0.373. The van der Waals surface area contributed by atoms with Gasteiger partial charge in [-0.05, 0) is 74.2 Å². The van der Waals surface area contributed by atoms with Gasteiger partial charge in [0, 0.05) is 0 Å². The summed E-state index contributed by atoms with van der Waals surface area (Å²) in [7, 11) is 0. The zero-order valence-electron chi connectivity index (χ0n) is 17.5. The van der Waals surface area contributed by atoms with E-state index in [1.54, 1.807) is 0 Å². The minimum absolute atomic E-state index is 0.168. The Morgan fingerprint density at radius 2 is 1.03 bits per heavy atom. The zero-order chi connectivity index (χ0) is 22.3. The van der Waals surface area contributed by atoms with Gasteiger partial charge in [-0.3, -0.25) is 40.9 Å². The molecule has 4 N–H and O–H groups in total. The normalized spacial score (nSPS) is 10.1. The highest BCUT2D eigenvalue weighted by Gasteiger charge is 2.09. The molecule has 0 aliphatic rings. The Balaban J connectivity index is 2.05. The topological polar surface area (TPSA) is 116 Å². The molecule has 2 amide bonds. The first kappa shape index (κ1) is 22.6. The molecular weight excluding hydrogens is 384 g/mol. The lowest BCUT2D eigenvalue weighted by Crippen LogP contribution is -2.30. The molecule has 0 saturated heterocycles. The first-order valence-corrected chi connectivity index (χ1v) is 9.46. The number of amides is 2. The van der Waals surface area contributed by atoms with Crippen LogP contribution in [0.4, 0.5) is 11.4 Å². The van der Waals surface area contributed by atoms with E-state index >= 15 is 0 Å². The second-order valence-corrected chi connectivity index (χ2v) is 7.16. The molecule has 2 rings (SSSR count). The molecule has 8 nitrogen and oxygen atoms in total. The standard InChI is InChI=1S/C22H26N4O4/c1-13-9-17(5-7-19(13)23-25-21(29)11-15(3)27)18-6-8-20(14(2)10-18)24-26-22(30)12-16(4)28/h5-10,23-24H,11-12H2,1-4H3,(H,25,29)(H,26,30). The minimum Gasteiger partial charge on any atom is -0.299 e. The second-order valence-electron chi connectivity index (χ2n) is 7.16. The molecule has 0 fully saturated rings. The molecule has 0 unspecified atom stereocenters. The van der Waals surface area contributed by atoms with Crippen LogP contribution in [0.3, 0.4) is 0 Å². The first-order valence-electron chi connectivity index (χ1n) is 9.46. The van der Waals surface area contributed by atoms with Crippen molar-refractivity contribution in [3.05, 3.63) is 47.5 Å². The number of hydrogen-bond acceptors (Lipinski definition) is 6. The fourth-order valence-corrected chi connectivity index (χ4v) is 2.78. The van der Waals surface area contributed by atoms with Gasteiger partial charge in [-0.1, -0.05) is 12.1 Å². The summed E-state index contributed by atoms with van der Waals surface area (Å²) in [6.07, 6.45) is -0.335. The van der Waals surface area contributed by atoms with Crippen molar-refractivity contribution in [1.29, 1.82) is 0 Å². The van der Waals surface area contributed by atoms with Gasteiger partial charge in [-0.15, -0.1) is 0 Å². The Morgan fingerprint density at radius 1 is 0.667 bits per heavy atom. The molecule has 0 atom stereocenters. The largest absolute Gasteiger partial charge is 0.299 e. The lowest BCUT2D eigenvalue weighted by molar-refractivity contribution is -0.128. The van der Waals surface area contributed by atoms with E-state index in [4.69, 9.17) is 0 Å². The summed E-state index contributed by atoms with van der Waals surface area (Å²) >= 11 is 0. The third-order valence-corrected chi connectivity index (χ3v) is 4.28. The van der Waals surface area contributed by atoms with Crippen LogP contribution in [0, 0.1) is 13.8 Å². The van der Waals surface area contributed by atoms with Crippen LogP contribution in [0.1, 0.15) is 37.8 Å². The summed E-state index contributed by atoms with van der Waals surface area (Å²) < 4.78 is 0. The summed E-state index contributed by atoms with van der Waals surface area (Å²) in [5.74, 6) is -1.18. The van der Waals surface area contributed by atoms with Gasteiger partial charge in [0.05, 0.1) is 24.2 Å². The van der Waals surface area contributed by atoms with E-state index in [0.29, 0.717) is 0 Å². The van der Waals surface area contributed by atoms with E-state index < -0.39 is 0 Å². The highest BCUT2D eigenvalue weighted by molar-refractivity contribution is 5.97. The van der Waals surface area contributed by atoms with Gasteiger partial charge >= 0.3 is 0 Å². The number of carbonyl (C=O) groups is 4. The third-order valence-electron chi connectivity index (χ3n) is 4.28. The number of hydrogen-bond donors (Lipinski definition) is 4. The van der Waals surface area contributed by atoms with Gasteiger partial charge in [0.2, 0.25) is 11.8 Å². The Kier molecular flexibility index (Phi) is 7.69. The van der Waals surface area contributed by atoms with Crippen molar-refractivity contribution >= 4 is 34.8 Å². The summed E-state index contributed by atoms with van der Waals surface area (Å²) in [6.45, 7) is 6.55. The summed E-state index contributed by atoms with van der Waals surface area (Å²) in [5, 5.41) is 0. The molecule has 2 aromatic carbocycles. The number of anilines is 2. The van der Waals surface area contributed by atoms with Gasteiger partial charge < -0.3 is 0 Å². The van der Waals surface area contributed by atoms with Gasteiger partial charge in [0.15, 0.2) is 0 Å². The molecule has 0 saturated carbocycles. The van der Waals surface area contributed by atoms with Gasteiger partial charge in [-0.2, -0.15) is 0 Å². The molecule has 0 radical (unpaired) electrons. The molecule has 158 valence electrons. The highest BCUT2D eigenvalue weighted by Crippen LogP contribution is 2.27. The molecule has 0 bridgehead atoms. The lowest BCUT2D eigenvalue weighted by atomic mass is 10.00. The predicted octanol–water partition coefficient (Wildman–Crippen LogP) is 2.81. The number of benzene rings is 2. The van der Waals surface area contributed by atoms with E-state index in [1.807, 2.05) is 50.2 Å². The molecular formula is C22H26N4O4. The smallest absolute Gasteiger partial charge is 0.245 e. The van der Waals surface area contributed by atoms with Crippen molar-refractivity contribution in [3.63, 3.8) is 0 Å². The molecule has 0 spiro atoms. The van der Waals surface area contributed by atoms with Crippen molar-refractivity contribution in [2.24, 2.45) is 0 Å². The molecule has 0 aliphatic heterocycles. The number of Topliss-reactive ketones (excluding diaryl/α,β-unsaturated/α-hetero) is 2. The molecule has 8 heteroatoms. The highest BCUT2D eigenvalue weighted by atomic mass is 16.2. The van der Waals surface area contributed by atoms with Crippen molar-refractivity contribution < 1.29 is 19.2 Å². The van der Waals surface area contributed by atoms with Crippen LogP contribution in [-0.4, -0.2) is 23.4 Å². The van der Waals surface area contributed by atoms with Crippen molar-refractivity contribution in [2.75, 3.05) is 10.9 Å². The number of nitrogens with one attached hydrogen (secondary N) is 4. The van der Waals surface area contributed by atoms with E-state index in [-0.39, 0.29) is 36.2 Å². The molecule has 0 aromatic heterocycles. The SMILES string of the molecule is CC(=O)CC(=O)NNc1ccc(-c2ccc(NNC(=O)CC(C)=O)c(C)c2)cc1C. The Labute approximate surface area is 175 Å². The first-order chi connectivity index (χ1) is 14.2. The van der Waals surface area contributed by atoms with Crippen LogP contribution in [0.5, 0.6) is 0 Å². The van der Waals surface area contributed by atoms with Crippen LogP contribution >= 0.6 is 0 Å². The fraction of sp³-hybridized carbons (Fsp3) is 0.273. The zero-order valence-corrected chi connectivity index (χ0v) is 17.5. The third kappa shape index (κ3) is 6.73. The summed E-state index contributed by atoms with van der Waals surface area (Å²) in [6, 6.07) is 11.5. The number of rotatable bonds is 9. The van der Waals surface area contributed by atoms with Gasteiger partial charge in [0.1, 0.15) is 11.6 Å². The average molecular weight is 410 g/mol. The van der Waals surface area contributed by atoms with Crippen LogP contribution in [0.25, 0.3) is 11.1 Å². The fourth-order valence-electron chi connectivity index (χ4n) is 2.78. The van der Waals surface area contributed by atoms with Crippen molar-refractivity contribution in [1.82, 2.24) is 10.9 Å². The Morgan fingerprint density at radius 3 is 1.33 bits per heavy atom. The average Bonchev–Trinajstić information content (AvgIpc) is 2.65. The number of hydrazine groups is 2. The Bertz CT molecular complexity index is 906. The number of ketones is 2. The van der Waals surface area contributed by atoms with E-state index in [0.717, 1.165) is 33.6 Å². The van der Waals surface area contributed by atoms with E-state index in [1.165, 1.54) is 13.8 Å². The maximum atomic E-state index is 11.6. The maximum Gasteiger partial charge on any atom is 0.245 e. The molecule has 0 heterocycles. The maximum absolute atomic E-state index is 11.6. The van der Waals surface area contributed by atoms with E-state index in [2.05, 4.69) is 21.7 Å². The van der Waals surface area contributed by atoms with Crippen LogP contribution in [-0.2, 0) is 19.2 Å². The van der Waals surface area contributed by atoms with Crippen molar-refractivity contribution in [2.45, 2.75) is 40.5 Å². The van der Waals surface area contributed by atoms with Gasteiger partial charge in [-0.25, -0.2) is 0 Å². The molecule has 0 aliphatic carbocycles. The molecule has 30 heavy (non-hydrogen) atoms. The number of aryl methyl sites for hydroxylation is 2. The van der Waals surface area contributed by atoms with Crippen molar-refractivity contribution in [3.8, 4) is 11.1 Å². The Hall–Kier alpha value is -3.68. The van der Waals surface area contributed by atoms with Crippen LogP contribution in [0.15, 0.2) is 36.4 Å². The van der Waals surface area contributed by atoms with E-state index in [9.17, 15) is 19.2 Å². The second kappa shape index (κ2) is 10.2. The number of carbonyl (C=O) groups excluding carboxylic acids is 4. The lowest BCUT2D eigenvalue weighted by Gasteiger charge is -2.14. The summed E-state index contributed by atoms with van der Waals surface area (Å²) in [4.78, 5) is 45.2. The minimum atomic E-state index is -0.389. The van der Waals surface area contributed by atoms with Crippen LogP contribution < -0.4 is 21.7 Å². The predicted molar refractivity (Wildman–Crippen MR) is 115 cm³/mol. The van der Waals surface area contributed by atoms with Crippen LogP contribution in [0.2, 0.25) is 0 Å². The molecule has 2 aromatic rings. The summed E-state index contributed by atoms with van der Waals surface area (Å²) in [5.41, 5.74) is 16.0. The van der Waals surface area contributed by atoms with Gasteiger partial charge in [0.25, 0.3) is 0 Å². The monoisotopic (exact) mass is 410 g/mol.